The molecular weight excluding hydrogens is 348 g/mol. The minimum absolute atomic E-state index is 0.0743. The van der Waals surface area contributed by atoms with Crippen LogP contribution in [-0.2, 0) is 14.4 Å². The summed E-state index contributed by atoms with van der Waals surface area (Å²) in [7, 11) is 0. The molecule has 2 unspecified atom stereocenters. The fourth-order valence-corrected chi connectivity index (χ4v) is 3.73. The minimum atomic E-state index is -1.12. The maximum atomic E-state index is 12.5. The van der Waals surface area contributed by atoms with Gasteiger partial charge in [-0.05, 0) is 45.2 Å². The average molecular weight is 385 g/mol. The minimum Gasteiger partial charge on any atom is -0.391 e. The van der Waals surface area contributed by atoms with Crippen molar-refractivity contribution >= 4 is 17.6 Å². The van der Waals surface area contributed by atoms with E-state index in [-0.39, 0.29) is 30.6 Å². The Hall–Kier alpha value is -1.51. The number of aliphatic hydroxyl groups is 1. The summed E-state index contributed by atoms with van der Waals surface area (Å²) in [5.74, 6) is -0.612. The van der Waals surface area contributed by atoms with E-state index in [4.69, 9.17) is 11.5 Å². The Bertz CT molecular complexity index is 492. The molecular formula is C19H36N4O4. The Labute approximate surface area is 161 Å². The number of amides is 2. The quantitative estimate of drug-likeness (QED) is 0.334. The molecule has 27 heavy (non-hydrogen) atoms. The molecule has 0 aromatic carbocycles. The molecule has 0 aromatic heterocycles. The predicted molar refractivity (Wildman–Crippen MR) is 104 cm³/mol. The monoisotopic (exact) mass is 384 g/mol. The zero-order valence-electron chi connectivity index (χ0n) is 16.6. The normalized spacial score (nSPS) is 19.6. The molecule has 1 rings (SSSR count). The highest BCUT2D eigenvalue weighted by atomic mass is 16.3. The van der Waals surface area contributed by atoms with E-state index in [2.05, 4.69) is 10.6 Å². The Kier molecular flexibility index (Phi) is 10.5. The summed E-state index contributed by atoms with van der Waals surface area (Å²) in [6.45, 7) is 3.46. The van der Waals surface area contributed by atoms with Crippen LogP contribution in [0.25, 0.3) is 0 Å². The first-order valence-electron chi connectivity index (χ1n) is 9.98. The van der Waals surface area contributed by atoms with E-state index in [1.54, 1.807) is 0 Å². The van der Waals surface area contributed by atoms with E-state index in [1.807, 2.05) is 0 Å². The van der Waals surface area contributed by atoms with Gasteiger partial charge >= 0.3 is 0 Å². The number of nitrogens with one attached hydrogen (secondary N) is 2. The second kappa shape index (κ2) is 12.0. The van der Waals surface area contributed by atoms with E-state index in [0.29, 0.717) is 18.9 Å². The molecule has 1 fully saturated rings. The van der Waals surface area contributed by atoms with Gasteiger partial charge in [-0.15, -0.1) is 0 Å². The molecule has 8 heteroatoms. The number of hydrogen-bond acceptors (Lipinski definition) is 6. The number of carbonyl (C=O) groups excluding carboxylic acids is 3. The summed E-state index contributed by atoms with van der Waals surface area (Å²) in [6, 6.07) is -1.85. The second-order valence-corrected chi connectivity index (χ2v) is 7.63. The molecule has 0 bridgehead atoms. The maximum Gasteiger partial charge on any atom is 0.245 e. The fourth-order valence-electron chi connectivity index (χ4n) is 3.73. The lowest BCUT2D eigenvalue weighted by molar-refractivity contribution is -0.134. The Morgan fingerprint density at radius 1 is 1.11 bits per heavy atom. The van der Waals surface area contributed by atoms with Gasteiger partial charge in [-0.1, -0.05) is 32.1 Å². The number of Topliss-reactive ketones (excluding diaryl/α,β-unsaturated/α-hetero) is 1. The maximum absolute atomic E-state index is 12.5. The standard InChI is InChI=1S/C19H36N4O4/c1-12(24)16(8-9-20)22-19(27)18(13(2)25)23-17(26)10-15(11-21)14-6-4-3-5-7-14/h13-16,18,25H,3-11,20-21H2,1-2H3,(H,22,27)(H,23,26)/t13?,15?,16-,18-/m0/s1. The summed E-state index contributed by atoms with van der Waals surface area (Å²) in [5.41, 5.74) is 11.3. The van der Waals surface area contributed by atoms with Gasteiger partial charge in [0.05, 0.1) is 12.1 Å². The molecule has 0 aliphatic heterocycles. The molecule has 0 aromatic rings. The third-order valence-electron chi connectivity index (χ3n) is 5.41. The van der Waals surface area contributed by atoms with Crippen molar-refractivity contribution in [1.82, 2.24) is 10.6 Å². The van der Waals surface area contributed by atoms with Gasteiger partial charge in [0.25, 0.3) is 0 Å². The van der Waals surface area contributed by atoms with Crippen LogP contribution in [0.1, 0.15) is 58.8 Å². The largest absolute Gasteiger partial charge is 0.391 e. The smallest absolute Gasteiger partial charge is 0.245 e. The van der Waals surface area contributed by atoms with Crippen molar-refractivity contribution in [3.63, 3.8) is 0 Å². The average Bonchev–Trinajstić information content (AvgIpc) is 2.64. The van der Waals surface area contributed by atoms with E-state index >= 15 is 0 Å². The van der Waals surface area contributed by atoms with Gasteiger partial charge in [0.1, 0.15) is 6.04 Å². The van der Waals surface area contributed by atoms with Gasteiger partial charge < -0.3 is 27.2 Å². The van der Waals surface area contributed by atoms with Crippen molar-refractivity contribution in [3.05, 3.63) is 0 Å². The molecule has 1 aliphatic rings. The van der Waals surface area contributed by atoms with Crippen molar-refractivity contribution in [2.75, 3.05) is 13.1 Å². The number of carbonyl (C=O) groups is 3. The van der Waals surface area contributed by atoms with Crippen LogP contribution in [0.4, 0.5) is 0 Å². The van der Waals surface area contributed by atoms with Gasteiger partial charge in [0.2, 0.25) is 11.8 Å². The molecule has 0 heterocycles. The third-order valence-corrected chi connectivity index (χ3v) is 5.41. The lowest BCUT2D eigenvalue weighted by Crippen LogP contribution is -2.56. The van der Waals surface area contributed by atoms with E-state index in [0.717, 1.165) is 25.7 Å². The van der Waals surface area contributed by atoms with Crippen LogP contribution in [0.3, 0.4) is 0 Å². The fraction of sp³-hybridized carbons (Fsp3) is 0.842. The summed E-state index contributed by atoms with van der Waals surface area (Å²) >= 11 is 0. The first-order valence-corrected chi connectivity index (χ1v) is 9.98. The lowest BCUT2D eigenvalue weighted by Gasteiger charge is -2.30. The number of nitrogens with two attached hydrogens (primary N) is 2. The molecule has 1 aliphatic carbocycles. The van der Waals surface area contributed by atoms with Crippen LogP contribution in [0.15, 0.2) is 0 Å². The van der Waals surface area contributed by atoms with E-state index < -0.39 is 24.1 Å². The topological polar surface area (TPSA) is 148 Å². The lowest BCUT2D eigenvalue weighted by atomic mass is 9.78. The van der Waals surface area contributed by atoms with E-state index in [9.17, 15) is 19.5 Å². The van der Waals surface area contributed by atoms with Gasteiger partial charge in [-0.3, -0.25) is 14.4 Å². The van der Waals surface area contributed by atoms with Crippen molar-refractivity contribution in [1.29, 1.82) is 0 Å². The third kappa shape index (κ3) is 7.94. The first-order chi connectivity index (χ1) is 12.8. The van der Waals surface area contributed by atoms with Crippen LogP contribution in [0, 0.1) is 11.8 Å². The number of hydrogen-bond donors (Lipinski definition) is 5. The molecule has 8 nitrogen and oxygen atoms in total. The number of rotatable bonds is 11. The molecule has 1 saturated carbocycles. The highest BCUT2D eigenvalue weighted by Gasteiger charge is 2.30. The summed E-state index contributed by atoms with van der Waals surface area (Å²) < 4.78 is 0. The summed E-state index contributed by atoms with van der Waals surface area (Å²) in [4.78, 5) is 36.5. The first kappa shape index (κ1) is 23.5. The van der Waals surface area contributed by atoms with Crippen molar-refractivity contribution in [2.24, 2.45) is 23.3 Å². The van der Waals surface area contributed by atoms with Crippen LogP contribution >= 0.6 is 0 Å². The van der Waals surface area contributed by atoms with Crippen LogP contribution in [0.2, 0.25) is 0 Å². The zero-order valence-corrected chi connectivity index (χ0v) is 16.6. The highest BCUT2D eigenvalue weighted by Crippen LogP contribution is 2.31. The molecule has 0 spiro atoms. The van der Waals surface area contributed by atoms with Crippen molar-refractivity contribution in [2.45, 2.75) is 77.0 Å². The molecule has 4 atom stereocenters. The van der Waals surface area contributed by atoms with Gasteiger partial charge in [0.15, 0.2) is 5.78 Å². The number of ketones is 1. The molecule has 156 valence electrons. The van der Waals surface area contributed by atoms with Crippen molar-refractivity contribution in [3.8, 4) is 0 Å². The molecule has 2 amide bonds. The Morgan fingerprint density at radius 3 is 2.22 bits per heavy atom. The molecule has 0 saturated heterocycles. The van der Waals surface area contributed by atoms with Crippen molar-refractivity contribution < 1.29 is 19.5 Å². The highest BCUT2D eigenvalue weighted by molar-refractivity contribution is 5.92. The number of aliphatic hydroxyl groups excluding tert-OH is 1. The SMILES string of the molecule is CC(=O)[C@H](CCN)NC(=O)[C@@H](NC(=O)CC(CN)C1CCCCC1)C(C)O. The van der Waals surface area contributed by atoms with Gasteiger partial charge in [0, 0.05) is 6.42 Å². The Balaban J connectivity index is 2.67. The molecule has 0 radical (unpaired) electrons. The zero-order chi connectivity index (χ0) is 20.4. The van der Waals surface area contributed by atoms with Crippen LogP contribution in [0.5, 0.6) is 0 Å². The van der Waals surface area contributed by atoms with Crippen LogP contribution < -0.4 is 22.1 Å². The Morgan fingerprint density at radius 2 is 1.74 bits per heavy atom. The summed E-state index contributed by atoms with van der Waals surface area (Å²) in [6.07, 6.45) is 5.15. The molecule has 7 N–H and O–H groups in total. The second-order valence-electron chi connectivity index (χ2n) is 7.63. The van der Waals surface area contributed by atoms with E-state index in [1.165, 1.54) is 20.3 Å². The van der Waals surface area contributed by atoms with Gasteiger partial charge in [-0.2, -0.15) is 0 Å². The van der Waals surface area contributed by atoms with Gasteiger partial charge in [-0.25, -0.2) is 0 Å². The predicted octanol–water partition coefficient (Wildman–Crippen LogP) is -0.180. The van der Waals surface area contributed by atoms with Crippen LogP contribution in [-0.4, -0.2) is 54.0 Å². The summed E-state index contributed by atoms with van der Waals surface area (Å²) in [5, 5.41) is 15.1.